The van der Waals surface area contributed by atoms with E-state index >= 15 is 0 Å². The molecule has 0 aliphatic carbocycles. The quantitative estimate of drug-likeness (QED) is 0.430. The third-order valence-corrected chi connectivity index (χ3v) is 5.13. The maximum Gasteiger partial charge on any atom is 0.285 e. The van der Waals surface area contributed by atoms with E-state index in [9.17, 15) is 9.59 Å². The van der Waals surface area contributed by atoms with Crippen LogP contribution in [0.25, 0.3) is 39.5 Å². The van der Waals surface area contributed by atoms with Gasteiger partial charge in [0, 0.05) is 18.2 Å². The van der Waals surface area contributed by atoms with Crippen LogP contribution in [0.2, 0.25) is 0 Å². The molecule has 11 nitrogen and oxygen atoms in total. The molecule has 33 heavy (non-hydrogen) atoms. The fourth-order valence-corrected chi connectivity index (χ4v) is 3.75. The number of benzene rings is 1. The Balaban J connectivity index is 1.72. The Hall–Kier alpha value is -4.54. The lowest BCUT2D eigenvalue weighted by Crippen LogP contribution is -2.19. The highest BCUT2D eigenvalue weighted by molar-refractivity contribution is 5.88. The number of fused-ring (bicyclic) bond motifs is 2. The number of ether oxygens (including phenoxy) is 1. The number of hydrogen-bond donors (Lipinski definition) is 2. The number of anilines is 1. The van der Waals surface area contributed by atoms with Crippen molar-refractivity contribution in [2.45, 2.75) is 20.8 Å². The van der Waals surface area contributed by atoms with E-state index in [1.807, 2.05) is 37.3 Å². The predicted molar refractivity (Wildman–Crippen MR) is 120 cm³/mol. The zero-order valence-corrected chi connectivity index (χ0v) is 18.3. The second-order valence-electron chi connectivity index (χ2n) is 7.42. The highest BCUT2D eigenvalue weighted by Crippen LogP contribution is 2.31. The molecule has 0 saturated heterocycles. The van der Waals surface area contributed by atoms with Crippen molar-refractivity contribution in [2.75, 3.05) is 12.4 Å². The van der Waals surface area contributed by atoms with Crippen LogP contribution in [0.1, 0.15) is 18.3 Å². The van der Waals surface area contributed by atoms with Crippen LogP contribution < -0.4 is 15.6 Å². The molecule has 0 unspecified atom stereocenters. The summed E-state index contributed by atoms with van der Waals surface area (Å²) in [7, 11) is 1.41. The number of amides is 1. The molecule has 2 N–H and O–H groups in total. The van der Waals surface area contributed by atoms with Crippen LogP contribution in [0, 0.1) is 13.8 Å². The van der Waals surface area contributed by atoms with Crippen molar-refractivity contribution in [2.24, 2.45) is 0 Å². The van der Waals surface area contributed by atoms with Gasteiger partial charge in [-0.25, -0.2) is 14.5 Å². The fraction of sp³-hybridized carbons (Fsp3) is 0.182. The van der Waals surface area contributed by atoms with Gasteiger partial charge < -0.3 is 9.15 Å². The first kappa shape index (κ1) is 20.4. The van der Waals surface area contributed by atoms with E-state index in [1.165, 1.54) is 18.5 Å². The number of aromatic nitrogens is 6. The van der Waals surface area contributed by atoms with Crippen LogP contribution >= 0.6 is 0 Å². The van der Waals surface area contributed by atoms with Crippen molar-refractivity contribution < 1.29 is 13.9 Å². The van der Waals surface area contributed by atoms with E-state index < -0.39 is 0 Å². The zero-order valence-electron chi connectivity index (χ0n) is 18.3. The first-order valence-electron chi connectivity index (χ1n) is 10.0. The maximum absolute atomic E-state index is 13.5. The summed E-state index contributed by atoms with van der Waals surface area (Å²) in [6.45, 7) is 4.93. The van der Waals surface area contributed by atoms with Crippen molar-refractivity contribution in [3.8, 4) is 28.5 Å². The second-order valence-corrected chi connectivity index (χ2v) is 7.42. The molecular weight excluding hydrogens is 426 g/mol. The van der Waals surface area contributed by atoms with Crippen molar-refractivity contribution in [3.05, 3.63) is 52.1 Å². The molecule has 5 aromatic rings. The van der Waals surface area contributed by atoms with E-state index in [4.69, 9.17) is 9.15 Å². The number of rotatable bonds is 4. The molecule has 0 saturated carbocycles. The van der Waals surface area contributed by atoms with Crippen molar-refractivity contribution in [1.82, 2.24) is 29.5 Å². The van der Waals surface area contributed by atoms with Gasteiger partial charge >= 0.3 is 0 Å². The summed E-state index contributed by atoms with van der Waals surface area (Å²) < 4.78 is 12.4. The summed E-state index contributed by atoms with van der Waals surface area (Å²) in [6, 6.07) is 9.71. The fourth-order valence-electron chi connectivity index (χ4n) is 3.75. The minimum atomic E-state index is -0.372. The molecule has 0 bridgehead atoms. The highest BCUT2D eigenvalue weighted by atomic mass is 16.5. The molecule has 0 aliphatic rings. The molecule has 1 aromatic carbocycles. The number of oxazole rings is 1. The van der Waals surface area contributed by atoms with Gasteiger partial charge in [0.1, 0.15) is 5.56 Å². The maximum atomic E-state index is 13.5. The molecule has 1 amide bonds. The Morgan fingerprint density at radius 3 is 2.55 bits per heavy atom. The van der Waals surface area contributed by atoms with Crippen LogP contribution in [-0.2, 0) is 4.79 Å². The normalized spacial score (nSPS) is 11.3. The van der Waals surface area contributed by atoms with Gasteiger partial charge in [0.15, 0.2) is 11.2 Å². The third-order valence-electron chi connectivity index (χ3n) is 5.13. The average molecular weight is 445 g/mol. The van der Waals surface area contributed by atoms with E-state index in [0.717, 1.165) is 16.8 Å². The molecule has 0 aliphatic heterocycles. The largest absolute Gasteiger partial charge is 0.479 e. The lowest BCUT2D eigenvalue weighted by atomic mass is 10.1. The van der Waals surface area contributed by atoms with Crippen LogP contribution in [0.15, 0.2) is 39.5 Å². The Morgan fingerprint density at radius 2 is 1.85 bits per heavy atom. The summed E-state index contributed by atoms with van der Waals surface area (Å²) in [5.74, 6) is -0.219. The van der Waals surface area contributed by atoms with Gasteiger partial charge in [0.25, 0.3) is 11.3 Å². The van der Waals surface area contributed by atoms with Gasteiger partial charge in [-0.15, -0.1) is 0 Å². The Kier molecular flexibility index (Phi) is 4.66. The van der Waals surface area contributed by atoms with Gasteiger partial charge in [0.05, 0.1) is 12.8 Å². The topological polar surface area (TPSA) is 140 Å². The van der Waals surface area contributed by atoms with Crippen LogP contribution in [0.4, 0.5) is 5.95 Å². The minimum Gasteiger partial charge on any atom is -0.479 e. The number of aryl methyl sites for hydroxylation is 2. The summed E-state index contributed by atoms with van der Waals surface area (Å²) in [6.07, 6.45) is 0. The summed E-state index contributed by atoms with van der Waals surface area (Å²) in [4.78, 5) is 42.2. The van der Waals surface area contributed by atoms with Gasteiger partial charge in [0.2, 0.25) is 23.6 Å². The van der Waals surface area contributed by atoms with Crippen molar-refractivity contribution in [3.63, 3.8) is 0 Å². The molecule has 166 valence electrons. The predicted octanol–water partition coefficient (Wildman–Crippen LogP) is 2.87. The number of methoxy groups -OCH3 is 1. The van der Waals surface area contributed by atoms with Crippen LogP contribution in [0.3, 0.4) is 0 Å². The Morgan fingerprint density at radius 1 is 1.09 bits per heavy atom. The van der Waals surface area contributed by atoms with E-state index in [-0.39, 0.29) is 46.0 Å². The Bertz CT molecular complexity index is 1600. The smallest absolute Gasteiger partial charge is 0.285 e. The number of aromatic amines is 1. The number of nitrogens with one attached hydrogen (secondary N) is 2. The van der Waals surface area contributed by atoms with Gasteiger partial charge in [-0.2, -0.15) is 9.97 Å². The summed E-state index contributed by atoms with van der Waals surface area (Å²) in [5, 5.41) is 5.57. The molecule has 0 spiro atoms. The average Bonchev–Trinajstić information content (AvgIpc) is 3.34. The summed E-state index contributed by atoms with van der Waals surface area (Å²) >= 11 is 0. The van der Waals surface area contributed by atoms with E-state index in [1.54, 1.807) is 6.92 Å². The van der Waals surface area contributed by atoms with Crippen LogP contribution in [-0.4, -0.2) is 42.6 Å². The Labute approximate surface area is 186 Å². The molecule has 0 radical (unpaired) electrons. The second kappa shape index (κ2) is 7.55. The number of carbonyl (C=O) groups is 1. The number of carbonyl (C=O) groups excluding carboxylic acids is 1. The lowest BCUT2D eigenvalue weighted by Gasteiger charge is -2.03. The highest BCUT2D eigenvalue weighted by Gasteiger charge is 2.24. The molecule has 5 rings (SSSR count). The van der Waals surface area contributed by atoms with E-state index in [2.05, 4.69) is 30.4 Å². The minimum absolute atomic E-state index is 0.00377. The van der Waals surface area contributed by atoms with Crippen LogP contribution in [0.5, 0.6) is 5.88 Å². The van der Waals surface area contributed by atoms with Gasteiger partial charge in [-0.1, -0.05) is 30.3 Å². The van der Waals surface area contributed by atoms with Crippen molar-refractivity contribution in [1.29, 1.82) is 0 Å². The molecule has 0 fully saturated rings. The SMILES string of the molecule is COc1nc(NC(C)=O)nc2oc(-c3c(C)nc4c(-c5ccccc5)c(C)[nH]n4c3=O)nc12. The van der Waals surface area contributed by atoms with Crippen molar-refractivity contribution >= 4 is 28.7 Å². The first-order valence-corrected chi connectivity index (χ1v) is 10.0. The molecule has 11 heteroatoms. The summed E-state index contributed by atoms with van der Waals surface area (Å²) in [5.41, 5.74) is 3.62. The molecule has 4 aromatic heterocycles. The first-order chi connectivity index (χ1) is 15.9. The van der Waals surface area contributed by atoms with Gasteiger partial charge in [-0.05, 0) is 19.4 Å². The molecule has 4 heterocycles. The standard InChI is InChI=1S/C22H19N7O4/c1-10-15(18-25-16-19(32-4)26-22(24-12(3)30)27-20(16)33-18)21(31)29-17(23-10)14(11(2)28-29)13-8-6-5-7-9-13/h5-9,28H,1-4H3,(H,24,26,27,30). The third kappa shape index (κ3) is 3.30. The molecule has 0 atom stereocenters. The lowest BCUT2D eigenvalue weighted by molar-refractivity contribution is -0.114. The van der Waals surface area contributed by atoms with E-state index in [0.29, 0.717) is 11.3 Å². The van der Waals surface area contributed by atoms with Gasteiger partial charge in [-0.3, -0.25) is 20.0 Å². The zero-order chi connectivity index (χ0) is 23.3. The number of nitrogens with zero attached hydrogens (tertiary/aromatic N) is 5. The number of hydrogen-bond acceptors (Lipinski definition) is 8. The molecular formula is C22H19N7O4. The monoisotopic (exact) mass is 445 g/mol. The number of H-pyrrole nitrogens is 1.